The number of pyridine rings is 3. The molecule has 2 aliphatic rings. The van der Waals surface area contributed by atoms with Crippen LogP contribution in [-0.4, -0.2) is 68.5 Å². The van der Waals surface area contributed by atoms with Gasteiger partial charge in [-0.1, -0.05) is 12.1 Å². The van der Waals surface area contributed by atoms with E-state index in [2.05, 4.69) is 21.3 Å². The summed E-state index contributed by atoms with van der Waals surface area (Å²) in [5.74, 6) is -0.496. The van der Waals surface area contributed by atoms with Gasteiger partial charge in [0.15, 0.2) is 0 Å². The molecule has 1 unspecified atom stereocenters. The topological polar surface area (TPSA) is 131 Å². The number of piperidine rings is 2. The van der Waals surface area contributed by atoms with Crippen LogP contribution in [0.5, 0.6) is 0 Å². The maximum absolute atomic E-state index is 13.3. The van der Waals surface area contributed by atoms with Gasteiger partial charge in [-0.15, -0.1) is 0 Å². The first kappa shape index (κ1) is 25.4. The lowest BCUT2D eigenvalue weighted by Gasteiger charge is -2.37. The van der Waals surface area contributed by atoms with Gasteiger partial charge in [0.2, 0.25) is 0 Å². The lowest BCUT2D eigenvalue weighted by Crippen LogP contribution is -2.50. The van der Waals surface area contributed by atoms with Crippen molar-refractivity contribution in [2.24, 2.45) is 0 Å². The van der Waals surface area contributed by atoms with E-state index in [1.807, 2.05) is 30.3 Å². The largest absolute Gasteiger partial charge is 0.465 e. The Bertz CT molecular complexity index is 1440. The Balaban J connectivity index is 1.37. The highest BCUT2D eigenvalue weighted by molar-refractivity contribution is 5.94. The molecule has 3 aromatic heterocycles. The first-order valence-corrected chi connectivity index (χ1v) is 12.9. The van der Waals surface area contributed by atoms with Gasteiger partial charge < -0.3 is 15.3 Å². The van der Waals surface area contributed by atoms with Crippen LogP contribution in [0.4, 0.5) is 4.79 Å². The molecule has 1 atom stereocenters. The second kappa shape index (κ2) is 10.6. The molecule has 196 valence electrons. The Kier molecular flexibility index (Phi) is 7.11. The van der Waals surface area contributed by atoms with Crippen LogP contribution in [0.15, 0.2) is 59.7 Å². The summed E-state index contributed by atoms with van der Waals surface area (Å²) in [6.45, 7) is 2.52. The number of nitrogens with zero attached hydrogens (tertiary/aromatic N) is 5. The van der Waals surface area contributed by atoms with Gasteiger partial charge in [0.25, 0.3) is 11.5 Å². The molecular formula is C28H30N6O4. The number of fused-ring (bicyclic) bond motifs is 1. The van der Waals surface area contributed by atoms with Gasteiger partial charge in [-0.2, -0.15) is 5.26 Å². The van der Waals surface area contributed by atoms with Crippen molar-refractivity contribution in [3.8, 4) is 6.07 Å². The zero-order valence-corrected chi connectivity index (χ0v) is 21.0. The number of hydrogen-bond acceptors (Lipinski definition) is 6. The zero-order chi connectivity index (χ0) is 26.7. The number of carboxylic acid groups (broad SMARTS) is 1. The first-order valence-electron chi connectivity index (χ1n) is 12.9. The molecule has 38 heavy (non-hydrogen) atoms. The molecule has 0 radical (unpaired) electrons. The van der Waals surface area contributed by atoms with E-state index in [9.17, 15) is 24.8 Å². The van der Waals surface area contributed by atoms with E-state index in [0.717, 1.165) is 16.8 Å². The van der Waals surface area contributed by atoms with Gasteiger partial charge in [-0.3, -0.25) is 23.9 Å². The standard InChI is InChI=1S/C28H30N6O4/c29-19-28(24-8-1-3-11-30-24)9-14-32(15-10-28)17-20-16-22(26(36)34-13-4-2-7-23(20)34)25(35)31-21-6-5-12-33(18-21)27(37)38/h1-4,7-8,11,13,16,21H,5-6,9-10,12,14-15,17-18H2,(H,31,35)(H,37,38). The van der Waals surface area contributed by atoms with Crippen molar-refractivity contribution in [1.29, 1.82) is 5.26 Å². The van der Waals surface area contributed by atoms with Crippen LogP contribution in [-0.2, 0) is 12.0 Å². The number of carbonyl (C=O) groups is 2. The molecule has 2 N–H and O–H groups in total. The summed E-state index contributed by atoms with van der Waals surface area (Å²) in [5, 5.41) is 22.2. The van der Waals surface area contributed by atoms with Crippen molar-refractivity contribution in [2.75, 3.05) is 26.2 Å². The minimum Gasteiger partial charge on any atom is -0.465 e. The predicted octanol–water partition coefficient (Wildman–Crippen LogP) is 2.62. The number of amides is 2. The predicted molar refractivity (Wildman–Crippen MR) is 140 cm³/mol. The number of carbonyl (C=O) groups excluding carboxylic acids is 1. The second-order valence-corrected chi connectivity index (χ2v) is 10.1. The number of nitrogens with one attached hydrogen (secondary N) is 1. The fourth-order valence-corrected chi connectivity index (χ4v) is 5.55. The minimum atomic E-state index is -1.01. The van der Waals surface area contributed by atoms with Gasteiger partial charge in [-0.05, 0) is 61.6 Å². The summed E-state index contributed by atoms with van der Waals surface area (Å²) in [6.07, 6.45) is 4.94. The number of rotatable bonds is 5. The Morgan fingerprint density at radius 1 is 1.16 bits per heavy atom. The average Bonchev–Trinajstić information content (AvgIpc) is 2.95. The molecule has 0 bridgehead atoms. The molecule has 2 fully saturated rings. The average molecular weight is 515 g/mol. The van der Waals surface area contributed by atoms with Crippen molar-refractivity contribution in [3.63, 3.8) is 0 Å². The van der Waals surface area contributed by atoms with Crippen LogP contribution in [0.3, 0.4) is 0 Å². The zero-order valence-electron chi connectivity index (χ0n) is 21.0. The molecule has 10 nitrogen and oxygen atoms in total. The fourth-order valence-electron chi connectivity index (χ4n) is 5.55. The van der Waals surface area contributed by atoms with E-state index < -0.39 is 23.0 Å². The molecule has 2 amide bonds. The highest BCUT2D eigenvalue weighted by Gasteiger charge is 2.37. The van der Waals surface area contributed by atoms with E-state index in [-0.39, 0.29) is 18.2 Å². The van der Waals surface area contributed by atoms with Gasteiger partial charge in [-0.25, -0.2) is 4.79 Å². The molecule has 3 aromatic rings. The Labute approximate surface area is 220 Å². The van der Waals surface area contributed by atoms with Crippen molar-refractivity contribution in [1.82, 2.24) is 24.5 Å². The Morgan fingerprint density at radius 3 is 2.66 bits per heavy atom. The SMILES string of the molecule is N#CC1(c2ccccn2)CCN(Cc2cc(C(=O)NC3CCCN(C(=O)O)C3)c(=O)n3ccccc23)CC1. The fraction of sp³-hybridized carbons (Fsp3) is 0.393. The van der Waals surface area contributed by atoms with Crippen molar-refractivity contribution in [2.45, 2.75) is 43.7 Å². The van der Waals surface area contributed by atoms with Crippen LogP contribution >= 0.6 is 0 Å². The molecule has 2 aliphatic heterocycles. The summed E-state index contributed by atoms with van der Waals surface area (Å²) in [7, 11) is 0. The summed E-state index contributed by atoms with van der Waals surface area (Å²) in [6, 6.07) is 14.9. The number of aromatic nitrogens is 2. The van der Waals surface area contributed by atoms with E-state index >= 15 is 0 Å². The number of nitriles is 1. The van der Waals surface area contributed by atoms with E-state index in [0.29, 0.717) is 51.9 Å². The van der Waals surface area contributed by atoms with Crippen LogP contribution in [0.2, 0.25) is 0 Å². The molecule has 5 rings (SSSR count). The van der Waals surface area contributed by atoms with Gasteiger partial charge >= 0.3 is 6.09 Å². The van der Waals surface area contributed by atoms with E-state index in [1.54, 1.807) is 24.5 Å². The van der Waals surface area contributed by atoms with Crippen LogP contribution in [0, 0.1) is 11.3 Å². The quantitative estimate of drug-likeness (QED) is 0.535. The van der Waals surface area contributed by atoms with Crippen molar-refractivity contribution < 1.29 is 14.7 Å². The normalized spacial score (nSPS) is 19.6. The lowest BCUT2D eigenvalue weighted by molar-refractivity contribution is 0.0886. The van der Waals surface area contributed by atoms with Crippen molar-refractivity contribution in [3.05, 3.63) is 82.0 Å². The molecule has 0 aliphatic carbocycles. The van der Waals surface area contributed by atoms with Crippen LogP contribution < -0.4 is 10.9 Å². The van der Waals surface area contributed by atoms with Crippen LogP contribution in [0.25, 0.3) is 5.52 Å². The summed E-state index contributed by atoms with van der Waals surface area (Å²) >= 11 is 0. The maximum atomic E-state index is 13.3. The third kappa shape index (κ3) is 4.97. The molecule has 5 heterocycles. The monoisotopic (exact) mass is 514 g/mol. The van der Waals surface area contributed by atoms with Gasteiger partial charge in [0.05, 0.1) is 17.3 Å². The highest BCUT2D eigenvalue weighted by Crippen LogP contribution is 2.34. The lowest BCUT2D eigenvalue weighted by atomic mass is 9.76. The molecule has 0 aromatic carbocycles. The molecule has 2 saturated heterocycles. The molecule has 0 spiro atoms. The Hall–Kier alpha value is -4.23. The van der Waals surface area contributed by atoms with Crippen LogP contribution in [0.1, 0.15) is 47.3 Å². The molecule has 0 saturated carbocycles. The smallest absolute Gasteiger partial charge is 0.407 e. The summed E-state index contributed by atoms with van der Waals surface area (Å²) in [4.78, 5) is 45.8. The minimum absolute atomic E-state index is 0.0352. The number of hydrogen-bond donors (Lipinski definition) is 2. The third-order valence-corrected chi connectivity index (χ3v) is 7.70. The van der Waals surface area contributed by atoms with Gasteiger partial charge in [0, 0.05) is 51.2 Å². The maximum Gasteiger partial charge on any atom is 0.407 e. The van der Waals surface area contributed by atoms with E-state index in [4.69, 9.17) is 0 Å². The second-order valence-electron chi connectivity index (χ2n) is 10.1. The Morgan fingerprint density at radius 2 is 1.95 bits per heavy atom. The highest BCUT2D eigenvalue weighted by atomic mass is 16.4. The third-order valence-electron chi connectivity index (χ3n) is 7.70. The first-order chi connectivity index (χ1) is 18.4. The van der Waals surface area contributed by atoms with E-state index in [1.165, 1.54) is 9.30 Å². The number of likely N-dealkylation sites (tertiary alicyclic amines) is 2. The molecular weight excluding hydrogens is 484 g/mol. The summed E-state index contributed by atoms with van der Waals surface area (Å²) in [5.41, 5.74) is 1.36. The van der Waals surface area contributed by atoms with Gasteiger partial charge in [0.1, 0.15) is 11.0 Å². The van der Waals surface area contributed by atoms with Crippen molar-refractivity contribution >= 4 is 17.5 Å². The molecule has 10 heteroatoms. The summed E-state index contributed by atoms with van der Waals surface area (Å²) < 4.78 is 1.49.